The number of hydrogen-bond donors (Lipinski definition) is 2. The van der Waals surface area contributed by atoms with Gasteiger partial charge in [0, 0.05) is 19.0 Å². The molecule has 0 aliphatic carbocycles. The third kappa shape index (κ3) is 4.26. The number of nitrogens with one attached hydrogen (secondary N) is 1. The lowest BCUT2D eigenvalue weighted by Gasteiger charge is -2.17. The van der Waals surface area contributed by atoms with Crippen LogP contribution >= 0.6 is 0 Å². The van der Waals surface area contributed by atoms with Gasteiger partial charge in [0.1, 0.15) is 6.04 Å². The molecule has 1 aromatic carbocycles. The Morgan fingerprint density at radius 2 is 2.08 bits per heavy atom. The van der Waals surface area contributed by atoms with E-state index in [1.165, 1.54) is 22.8 Å². The van der Waals surface area contributed by atoms with Crippen LogP contribution in [0, 0.1) is 16.0 Å². The van der Waals surface area contributed by atoms with Crippen molar-refractivity contribution in [2.45, 2.75) is 39.3 Å². The van der Waals surface area contributed by atoms with Crippen molar-refractivity contribution >= 4 is 28.7 Å². The Kier molecular flexibility index (Phi) is 5.75. The maximum atomic E-state index is 11.9. The Balaban J connectivity index is 2.02. The second kappa shape index (κ2) is 7.81. The van der Waals surface area contributed by atoms with Gasteiger partial charge in [0.05, 0.1) is 16.5 Å². The van der Waals surface area contributed by atoms with E-state index in [-0.39, 0.29) is 36.6 Å². The molecule has 1 amide bonds. The lowest BCUT2D eigenvalue weighted by Crippen LogP contribution is -2.44. The lowest BCUT2D eigenvalue weighted by atomic mass is 10.0. The first kappa shape index (κ1) is 19.2. The Morgan fingerprint density at radius 1 is 1.38 bits per heavy atom. The minimum atomic E-state index is -1.10. The first-order chi connectivity index (χ1) is 12.2. The van der Waals surface area contributed by atoms with Crippen LogP contribution in [0.25, 0.3) is 11.1 Å². The van der Waals surface area contributed by atoms with Crippen molar-refractivity contribution < 1.29 is 24.0 Å². The number of nitro groups is 1. The van der Waals surface area contributed by atoms with Crippen molar-refractivity contribution in [2.75, 3.05) is 0 Å². The number of carboxylic acids is 1. The van der Waals surface area contributed by atoms with Crippen molar-refractivity contribution in [1.82, 2.24) is 9.88 Å². The van der Waals surface area contributed by atoms with Crippen LogP contribution in [0.3, 0.4) is 0 Å². The molecular weight excluding hydrogens is 346 g/mol. The van der Waals surface area contributed by atoms with E-state index in [0.717, 1.165) is 0 Å². The zero-order chi connectivity index (χ0) is 19.4. The van der Waals surface area contributed by atoms with Gasteiger partial charge in [-0.2, -0.15) is 0 Å². The SMILES string of the molecule is CC(C)[C@H](NC(=O)CCCn1c(=O)oc2cc([N+](=O)[O-])ccc21)C(=O)O. The van der Waals surface area contributed by atoms with Gasteiger partial charge in [0.2, 0.25) is 5.91 Å². The monoisotopic (exact) mass is 365 g/mol. The summed E-state index contributed by atoms with van der Waals surface area (Å²) in [4.78, 5) is 45.1. The average molecular weight is 365 g/mol. The highest BCUT2D eigenvalue weighted by Gasteiger charge is 2.23. The molecular formula is C16H19N3O7. The number of non-ortho nitro benzene ring substituents is 1. The number of fused-ring (bicyclic) bond motifs is 1. The van der Waals surface area contributed by atoms with Gasteiger partial charge in [-0.25, -0.2) is 9.59 Å². The number of aliphatic carboxylic acids is 1. The van der Waals surface area contributed by atoms with Crippen LogP contribution in [-0.2, 0) is 16.1 Å². The van der Waals surface area contributed by atoms with E-state index < -0.39 is 28.6 Å². The van der Waals surface area contributed by atoms with Crippen LogP contribution in [0.4, 0.5) is 5.69 Å². The van der Waals surface area contributed by atoms with Crippen LogP contribution in [0.15, 0.2) is 27.4 Å². The lowest BCUT2D eigenvalue weighted by molar-refractivity contribution is -0.384. The number of nitro benzene ring substituents is 1. The first-order valence-electron chi connectivity index (χ1n) is 8.00. The van der Waals surface area contributed by atoms with Gasteiger partial charge in [-0.1, -0.05) is 13.8 Å². The number of nitrogens with zero attached hydrogens (tertiary/aromatic N) is 2. The summed E-state index contributed by atoms with van der Waals surface area (Å²) in [6, 6.07) is 2.87. The molecule has 0 aliphatic heterocycles. The standard InChI is InChI=1S/C16H19N3O7/c1-9(2)14(15(21)22)17-13(20)4-3-7-18-11-6-5-10(19(24)25)8-12(11)26-16(18)23/h5-6,8-9,14H,3-4,7H2,1-2H3,(H,17,20)(H,21,22)/t14-/m0/s1. The fraction of sp³-hybridized carbons (Fsp3) is 0.438. The zero-order valence-corrected chi connectivity index (χ0v) is 14.3. The molecule has 0 bridgehead atoms. The minimum Gasteiger partial charge on any atom is -0.480 e. The van der Waals surface area contributed by atoms with E-state index in [1.54, 1.807) is 13.8 Å². The smallest absolute Gasteiger partial charge is 0.419 e. The van der Waals surface area contributed by atoms with Crippen molar-refractivity contribution in [3.05, 3.63) is 38.9 Å². The molecule has 0 spiro atoms. The fourth-order valence-electron chi connectivity index (χ4n) is 2.54. The number of oxazole rings is 1. The molecule has 10 heteroatoms. The topological polar surface area (TPSA) is 145 Å². The molecule has 0 unspecified atom stereocenters. The Hall–Kier alpha value is -3.17. The number of amides is 1. The van der Waals surface area contributed by atoms with Gasteiger partial charge in [-0.15, -0.1) is 0 Å². The predicted octanol–water partition coefficient (Wildman–Crippen LogP) is 1.51. The number of aromatic nitrogens is 1. The Labute approximate surface area is 147 Å². The minimum absolute atomic E-state index is 0.0304. The number of hydrogen-bond acceptors (Lipinski definition) is 6. The first-order valence-corrected chi connectivity index (χ1v) is 8.00. The van der Waals surface area contributed by atoms with Crippen LogP contribution < -0.4 is 11.1 Å². The predicted molar refractivity (Wildman–Crippen MR) is 90.8 cm³/mol. The summed E-state index contributed by atoms with van der Waals surface area (Å²) < 4.78 is 6.28. The summed E-state index contributed by atoms with van der Waals surface area (Å²) in [6.45, 7) is 3.54. The Morgan fingerprint density at radius 3 is 2.65 bits per heavy atom. The summed E-state index contributed by atoms with van der Waals surface area (Å²) in [5, 5.41) is 22.3. The van der Waals surface area contributed by atoms with Gasteiger partial charge in [0.15, 0.2) is 5.58 Å². The number of carbonyl (C=O) groups is 2. The molecule has 1 heterocycles. The molecule has 2 N–H and O–H groups in total. The summed E-state index contributed by atoms with van der Waals surface area (Å²) in [6.07, 6.45) is 0.310. The van der Waals surface area contributed by atoms with Crippen molar-refractivity contribution in [3.8, 4) is 0 Å². The van der Waals surface area contributed by atoms with E-state index in [1.807, 2.05) is 0 Å². The number of aryl methyl sites for hydroxylation is 1. The molecule has 1 atom stereocenters. The van der Waals surface area contributed by atoms with E-state index in [9.17, 15) is 24.5 Å². The number of carboxylic acid groups (broad SMARTS) is 1. The van der Waals surface area contributed by atoms with Crippen LogP contribution in [0.2, 0.25) is 0 Å². The van der Waals surface area contributed by atoms with Crippen molar-refractivity contribution in [1.29, 1.82) is 0 Å². The summed E-state index contributed by atoms with van der Waals surface area (Å²) in [5.74, 6) is -2.46. The summed E-state index contributed by atoms with van der Waals surface area (Å²) in [7, 11) is 0. The highest BCUT2D eigenvalue weighted by atomic mass is 16.6. The molecule has 0 saturated carbocycles. The van der Waals surface area contributed by atoms with Crippen molar-refractivity contribution in [3.63, 3.8) is 0 Å². The normalized spacial score (nSPS) is 12.3. The van der Waals surface area contributed by atoms with E-state index in [4.69, 9.17) is 9.52 Å². The van der Waals surface area contributed by atoms with E-state index >= 15 is 0 Å². The second-order valence-corrected chi connectivity index (χ2v) is 6.16. The zero-order valence-electron chi connectivity index (χ0n) is 14.3. The van der Waals surface area contributed by atoms with Gasteiger partial charge in [0.25, 0.3) is 5.69 Å². The summed E-state index contributed by atoms with van der Waals surface area (Å²) >= 11 is 0. The van der Waals surface area contributed by atoms with Crippen LogP contribution in [0.1, 0.15) is 26.7 Å². The van der Waals surface area contributed by atoms with Gasteiger partial charge in [-0.3, -0.25) is 19.5 Å². The number of carbonyl (C=O) groups excluding carboxylic acids is 1. The largest absolute Gasteiger partial charge is 0.480 e. The molecule has 2 rings (SSSR count). The van der Waals surface area contributed by atoms with E-state index in [2.05, 4.69) is 5.32 Å². The second-order valence-electron chi connectivity index (χ2n) is 6.16. The highest BCUT2D eigenvalue weighted by molar-refractivity contribution is 5.83. The van der Waals surface area contributed by atoms with Gasteiger partial charge < -0.3 is 14.8 Å². The van der Waals surface area contributed by atoms with E-state index in [0.29, 0.717) is 5.52 Å². The van der Waals surface area contributed by atoms with Crippen molar-refractivity contribution in [2.24, 2.45) is 5.92 Å². The molecule has 10 nitrogen and oxygen atoms in total. The van der Waals surface area contributed by atoms with Gasteiger partial charge in [-0.05, 0) is 18.4 Å². The molecule has 26 heavy (non-hydrogen) atoms. The quantitative estimate of drug-likeness (QED) is 0.532. The molecule has 2 aromatic rings. The number of rotatable bonds is 8. The molecule has 0 saturated heterocycles. The maximum Gasteiger partial charge on any atom is 0.419 e. The third-order valence-electron chi connectivity index (χ3n) is 3.90. The summed E-state index contributed by atoms with van der Waals surface area (Å²) in [5.41, 5.74) is 0.303. The number of benzene rings is 1. The van der Waals surface area contributed by atoms with Crippen LogP contribution in [0.5, 0.6) is 0 Å². The molecule has 0 fully saturated rings. The van der Waals surface area contributed by atoms with Crippen LogP contribution in [-0.4, -0.2) is 32.5 Å². The molecule has 0 aliphatic rings. The molecule has 140 valence electrons. The highest BCUT2D eigenvalue weighted by Crippen LogP contribution is 2.20. The van der Waals surface area contributed by atoms with Gasteiger partial charge >= 0.3 is 11.7 Å². The average Bonchev–Trinajstić information content (AvgIpc) is 2.86. The molecule has 0 radical (unpaired) electrons. The fourth-order valence-corrected chi connectivity index (χ4v) is 2.54. The molecule has 1 aromatic heterocycles. The Bertz CT molecular complexity index is 897. The third-order valence-corrected chi connectivity index (χ3v) is 3.90. The maximum absolute atomic E-state index is 11.9.